The van der Waals surface area contributed by atoms with Crippen LogP contribution < -0.4 is 10.1 Å². The number of rotatable bonds is 4. The number of aliphatic hydroxyl groups is 1. The van der Waals surface area contributed by atoms with Crippen molar-refractivity contribution in [3.63, 3.8) is 0 Å². The Morgan fingerprint density at radius 3 is 3.19 bits per heavy atom. The fourth-order valence-corrected chi connectivity index (χ4v) is 2.22. The fraction of sp³-hybridized carbons (Fsp3) is 0.438. The zero-order valence-electron chi connectivity index (χ0n) is 12.1. The Bertz CT molecular complexity index is 548. The average molecular weight is 288 g/mol. The van der Waals surface area contributed by atoms with Gasteiger partial charge in [-0.1, -0.05) is 17.9 Å². The van der Waals surface area contributed by atoms with Gasteiger partial charge in [-0.05, 0) is 25.1 Å². The minimum atomic E-state index is -0.153. The van der Waals surface area contributed by atoms with E-state index in [9.17, 15) is 4.79 Å². The Balaban J connectivity index is 1.84. The second-order valence-electron chi connectivity index (χ2n) is 4.84. The van der Waals surface area contributed by atoms with Crippen LogP contribution in [0.5, 0.6) is 5.75 Å². The normalized spacial score (nSPS) is 18.6. The molecule has 1 aromatic rings. The van der Waals surface area contributed by atoms with Gasteiger partial charge in [0.1, 0.15) is 19.0 Å². The van der Waals surface area contributed by atoms with Gasteiger partial charge < -0.3 is 15.2 Å². The molecule has 1 unspecified atom stereocenters. The van der Waals surface area contributed by atoms with Crippen molar-refractivity contribution in [2.45, 2.75) is 13.0 Å². The Morgan fingerprint density at radius 2 is 2.38 bits per heavy atom. The number of nitrogens with one attached hydrogen (secondary N) is 1. The molecule has 0 bridgehead atoms. The Morgan fingerprint density at radius 1 is 1.52 bits per heavy atom. The van der Waals surface area contributed by atoms with Crippen LogP contribution in [-0.2, 0) is 4.79 Å². The van der Waals surface area contributed by atoms with E-state index >= 15 is 0 Å². The van der Waals surface area contributed by atoms with E-state index in [1.165, 1.54) is 0 Å². The van der Waals surface area contributed by atoms with Gasteiger partial charge in [0.2, 0.25) is 5.91 Å². The number of hydrogen-bond donors (Lipinski definition) is 2. The first-order valence-corrected chi connectivity index (χ1v) is 7.05. The lowest BCUT2D eigenvalue weighted by atomic mass is 10.2. The molecule has 0 spiro atoms. The summed E-state index contributed by atoms with van der Waals surface area (Å²) in [4.78, 5) is 13.7. The quantitative estimate of drug-likeness (QED) is 0.779. The number of nitrogens with zero attached hydrogens (tertiary/aromatic N) is 1. The van der Waals surface area contributed by atoms with Crippen molar-refractivity contribution in [2.75, 3.05) is 32.8 Å². The molecule has 0 aromatic heterocycles. The van der Waals surface area contributed by atoms with Gasteiger partial charge in [0.05, 0.1) is 6.04 Å². The van der Waals surface area contributed by atoms with E-state index in [2.05, 4.69) is 22.1 Å². The summed E-state index contributed by atoms with van der Waals surface area (Å²) < 4.78 is 5.71. The number of carbonyl (C=O) groups is 1. The van der Waals surface area contributed by atoms with Crippen molar-refractivity contribution < 1.29 is 14.6 Å². The van der Waals surface area contributed by atoms with E-state index in [0.717, 1.165) is 17.9 Å². The van der Waals surface area contributed by atoms with Gasteiger partial charge in [-0.15, -0.1) is 0 Å². The molecule has 0 saturated carbocycles. The van der Waals surface area contributed by atoms with Crippen molar-refractivity contribution in [1.29, 1.82) is 0 Å². The minimum Gasteiger partial charge on any atom is -0.492 e. The molecule has 1 aromatic carbocycles. The third kappa shape index (κ3) is 4.48. The van der Waals surface area contributed by atoms with Crippen molar-refractivity contribution >= 4 is 5.91 Å². The van der Waals surface area contributed by atoms with Crippen molar-refractivity contribution in [2.24, 2.45) is 0 Å². The fourth-order valence-electron chi connectivity index (χ4n) is 2.22. The van der Waals surface area contributed by atoms with Gasteiger partial charge in [-0.3, -0.25) is 9.69 Å². The summed E-state index contributed by atoms with van der Waals surface area (Å²) in [5.74, 6) is 6.27. The highest BCUT2D eigenvalue weighted by atomic mass is 16.5. The predicted octanol–water partition coefficient (Wildman–Crippen LogP) is 0.229. The van der Waals surface area contributed by atoms with E-state index in [1.54, 1.807) is 0 Å². The van der Waals surface area contributed by atoms with Gasteiger partial charge in [-0.25, -0.2) is 0 Å². The Labute approximate surface area is 124 Å². The van der Waals surface area contributed by atoms with Crippen molar-refractivity contribution in [1.82, 2.24) is 10.2 Å². The van der Waals surface area contributed by atoms with Crippen LogP contribution in [-0.4, -0.2) is 54.8 Å². The maximum absolute atomic E-state index is 11.6. The van der Waals surface area contributed by atoms with Crippen molar-refractivity contribution in [3.05, 3.63) is 29.8 Å². The summed E-state index contributed by atoms with van der Waals surface area (Å²) in [6, 6.07) is 7.34. The first kappa shape index (κ1) is 15.4. The lowest BCUT2D eigenvalue weighted by Crippen LogP contribution is -2.54. The van der Waals surface area contributed by atoms with Crippen LogP contribution >= 0.6 is 0 Å². The number of amides is 1. The maximum Gasteiger partial charge on any atom is 0.237 e. The maximum atomic E-state index is 11.6. The third-order valence-corrected chi connectivity index (χ3v) is 3.42. The summed E-state index contributed by atoms with van der Waals surface area (Å²) in [5, 5.41) is 11.5. The van der Waals surface area contributed by atoms with Crippen LogP contribution in [0.15, 0.2) is 24.3 Å². The van der Waals surface area contributed by atoms with Crippen LogP contribution in [0, 0.1) is 11.8 Å². The molecule has 1 fully saturated rings. The van der Waals surface area contributed by atoms with Crippen LogP contribution in [0.25, 0.3) is 0 Å². The average Bonchev–Trinajstić information content (AvgIpc) is 2.50. The van der Waals surface area contributed by atoms with Crippen LogP contribution in [0.2, 0.25) is 0 Å². The van der Waals surface area contributed by atoms with E-state index in [0.29, 0.717) is 19.7 Å². The summed E-state index contributed by atoms with van der Waals surface area (Å²) in [5.41, 5.74) is 0.812. The molecular formula is C16H20N2O3. The molecule has 1 aliphatic heterocycles. The molecule has 0 aliphatic carbocycles. The summed E-state index contributed by atoms with van der Waals surface area (Å²) in [7, 11) is 0. The number of carbonyl (C=O) groups excluding carboxylic acids is 1. The molecule has 1 atom stereocenters. The monoisotopic (exact) mass is 288 g/mol. The molecule has 1 heterocycles. The SMILES string of the molecule is CC1C(=O)NCCN1CCOc1cccc(C#CCO)c1. The Kier molecular flexibility index (Phi) is 5.61. The van der Waals surface area contributed by atoms with Crippen LogP contribution in [0.1, 0.15) is 12.5 Å². The smallest absolute Gasteiger partial charge is 0.237 e. The molecule has 2 N–H and O–H groups in total. The summed E-state index contributed by atoms with van der Waals surface area (Å²) in [6.45, 7) is 4.52. The number of aliphatic hydroxyl groups excluding tert-OH is 1. The highest BCUT2D eigenvalue weighted by molar-refractivity contribution is 5.81. The lowest BCUT2D eigenvalue weighted by Gasteiger charge is -2.32. The van der Waals surface area contributed by atoms with Gasteiger partial charge >= 0.3 is 0 Å². The zero-order valence-corrected chi connectivity index (χ0v) is 12.1. The topological polar surface area (TPSA) is 61.8 Å². The molecule has 5 heteroatoms. The van der Waals surface area contributed by atoms with E-state index in [-0.39, 0.29) is 18.6 Å². The first-order chi connectivity index (χ1) is 10.2. The molecule has 5 nitrogen and oxygen atoms in total. The van der Waals surface area contributed by atoms with E-state index in [1.807, 2.05) is 31.2 Å². The van der Waals surface area contributed by atoms with Crippen LogP contribution in [0.4, 0.5) is 0 Å². The Hall–Kier alpha value is -2.03. The van der Waals surface area contributed by atoms with Gasteiger partial charge in [0.25, 0.3) is 0 Å². The van der Waals surface area contributed by atoms with Gasteiger partial charge in [-0.2, -0.15) is 0 Å². The minimum absolute atomic E-state index is 0.0718. The van der Waals surface area contributed by atoms with Gasteiger partial charge in [0.15, 0.2) is 0 Å². The molecule has 112 valence electrons. The molecule has 1 amide bonds. The standard InChI is InChI=1S/C16H20N2O3/c1-13-16(20)17-7-8-18(13)9-11-21-15-6-2-4-14(12-15)5-3-10-19/h2,4,6,12-13,19H,7-11H2,1H3,(H,17,20). The highest BCUT2D eigenvalue weighted by Gasteiger charge is 2.24. The van der Waals surface area contributed by atoms with Crippen molar-refractivity contribution in [3.8, 4) is 17.6 Å². The number of piperazine rings is 1. The second-order valence-corrected chi connectivity index (χ2v) is 4.84. The largest absolute Gasteiger partial charge is 0.492 e. The highest BCUT2D eigenvalue weighted by Crippen LogP contribution is 2.13. The lowest BCUT2D eigenvalue weighted by molar-refractivity contribution is -0.128. The number of ether oxygens (including phenoxy) is 1. The molecule has 1 aliphatic rings. The molecule has 2 rings (SSSR count). The predicted molar refractivity (Wildman–Crippen MR) is 79.9 cm³/mol. The van der Waals surface area contributed by atoms with Crippen LogP contribution in [0.3, 0.4) is 0 Å². The summed E-state index contributed by atoms with van der Waals surface area (Å²) in [6.07, 6.45) is 0. The first-order valence-electron chi connectivity index (χ1n) is 7.05. The zero-order chi connectivity index (χ0) is 15.1. The molecule has 0 radical (unpaired) electrons. The van der Waals surface area contributed by atoms with E-state index in [4.69, 9.17) is 9.84 Å². The van der Waals surface area contributed by atoms with E-state index < -0.39 is 0 Å². The number of benzene rings is 1. The van der Waals surface area contributed by atoms with Gasteiger partial charge in [0, 0.05) is 25.2 Å². The molecular weight excluding hydrogens is 268 g/mol. The summed E-state index contributed by atoms with van der Waals surface area (Å²) >= 11 is 0. The third-order valence-electron chi connectivity index (χ3n) is 3.42. The second kappa shape index (κ2) is 7.67. The molecule has 21 heavy (non-hydrogen) atoms. The number of hydrogen-bond acceptors (Lipinski definition) is 4. The molecule has 1 saturated heterocycles.